The first-order valence-electron chi connectivity index (χ1n) is 9.66. The third-order valence-electron chi connectivity index (χ3n) is 5.05. The molecule has 2 aromatic rings. The zero-order valence-corrected chi connectivity index (χ0v) is 16.2. The Morgan fingerprint density at radius 2 is 2.32 bits per heavy atom. The lowest BCUT2D eigenvalue weighted by Gasteiger charge is -2.33. The summed E-state index contributed by atoms with van der Waals surface area (Å²) in [4.78, 5) is 14.5. The van der Waals surface area contributed by atoms with Crippen molar-refractivity contribution in [2.24, 2.45) is 5.92 Å². The minimum Gasteiger partial charge on any atom is -0.493 e. The van der Waals surface area contributed by atoms with E-state index in [1.54, 1.807) is 31.5 Å². The average Bonchev–Trinajstić information content (AvgIpc) is 3.25. The number of benzene rings is 1. The Hall–Kier alpha value is -3.01. The molecule has 7 nitrogen and oxygen atoms in total. The minimum absolute atomic E-state index is 0.212. The van der Waals surface area contributed by atoms with Gasteiger partial charge in [0, 0.05) is 37.7 Å². The summed E-state index contributed by atoms with van der Waals surface area (Å²) >= 11 is 0. The standard InChI is InChI=1S/C21H26N4O3/c1-27-20-10-16(11-22)7-8-19(20)28-15-18-5-3-9-25(14-18)21(26)6-2-4-17-12-23-24-13-17/h7-8,10,12-13,18H,2-6,9,14-15H2,1H3,(H,23,24). The van der Waals surface area contributed by atoms with Crippen LogP contribution in [0.5, 0.6) is 11.5 Å². The number of piperidine rings is 1. The monoisotopic (exact) mass is 382 g/mol. The highest BCUT2D eigenvalue weighted by Gasteiger charge is 2.24. The van der Waals surface area contributed by atoms with Crippen LogP contribution in [0.1, 0.15) is 36.8 Å². The van der Waals surface area contributed by atoms with E-state index in [2.05, 4.69) is 16.3 Å². The fourth-order valence-corrected chi connectivity index (χ4v) is 3.51. The summed E-state index contributed by atoms with van der Waals surface area (Å²) in [6, 6.07) is 7.25. The summed E-state index contributed by atoms with van der Waals surface area (Å²) in [6.45, 7) is 2.07. The maximum atomic E-state index is 12.5. The number of methoxy groups -OCH3 is 1. The third-order valence-corrected chi connectivity index (χ3v) is 5.05. The van der Waals surface area contributed by atoms with Gasteiger partial charge in [-0.25, -0.2) is 0 Å². The van der Waals surface area contributed by atoms with Crippen LogP contribution in [-0.4, -0.2) is 47.8 Å². The van der Waals surface area contributed by atoms with Crippen molar-refractivity contribution in [3.63, 3.8) is 0 Å². The van der Waals surface area contributed by atoms with Crippen molar-refractivity contribution in [2.75, 3.05) is 26.8 Å². The van der Waals surface area contributed by atoms with Crippen LogP contribution in [0.25, 0.3) is 0 Å². The molecule has 0 radical (unpaired) electrons. The molecule has 0 bridgehead atoms. The van der Waals surface area contributed by atoms with Crippen molar-refractivity contribution in [3.8, 4) is 17.6 Å². The van der Waals surface area contributed by atoms with Gasteiger partial charge in [0.2, 0.25) is 5.91 Å². The largest absolute Gasteiger partial charge is 0.493 e. The molecule has 1 amide bonds. The van der Waals surface area contributed by atoms with E-state index < -0.39 is 0 Å². The molecule has 1 fully saturated rings. The predicted octanol–water partition coefficient (Wildman–Crippen LogP) is 2.93. The summed E-state index contributed by atoms with van der Waals surface area (Å²) in [5.41, 5.74) is 1.67. The van der Waals surface area contributed by atoms with Gasteiger partial charge < -0.3 is 14.4 Å². The van der Waals surface area contributed by atoms with Crippen molar-refractivity contribution >= 4 is 5.91 Å². The fraction of sp³-hybridized carbons (Fsp3) is 0.476. The zero-order chi connectivity index (χ0) is 19.8. The number of aryl methyl sites for hydroxylation is 1. The predicted molar refractivity (Wildman–Crippen MR) is 104 cm³/mol. The summed E-state index contributed by atoms with van der Waals surface area (Å²) in [6.07, 6.45) is 7.96. The summed E-state index contributed by atoms with van der Waals surface area (Å²) in [5.74, 6) is 1.70. The molecule has 1 aliphatic rings. The Balaban J connectivity index is 1.47. The van der Waals surface area contributed by atoms with Gasteiger partial charge in [-0.2, -0.15) is 10.4 Å². The van der Waals surface area contributed by atoms with Gasteiger partial charge in [-0.1, -0.05) is 0 Å². The van der Waals surface area contributed by atoms with Gasteiger partial charge in [-0.3, -0.25) is 9.89 Å². The SMILES string of the molecule is COc1cc(C#N)ccc1OCC1CCCN(C(=O)CCCc2cn[nH]c2)C1. The van der Waals surface area contributed by atoms with Crippen LogP contribution in [0.15, 0.2) is 30.6 Å². The van der Waals surface area contributed by atoms with Crippen molar-refractivity contribution in [3.05, 3.63) is 41.7 Å². The molecule has 0 aliphatic carbocycles. The quantitative estimate of drug-likeness (QED) is 0.758. The lowest BCUT2D eigenvalue weighted by Crippen LogP contribution is -2.41. The lowest BCUT2D eigenvalue weighted by atomic mass is 9.98. The van der Waals surface area contributed by atoms with Crippen LogP contribution >= 0.6 is 0 Å². The smallest absolute Gasteiger partial charge is 0.222 e. The van der Waals surface area contributed by atoms with Gasteiger partial charge in [0.05, 0.1) is 31.5 Å². The number of amides is 1. The summed E-state index contributed by atoms with van der Waals surface area (Å²) in [5, 5.41) is 15.7. The van der Waals surface area contributed by atoms with Crippen LogP contribution in [-0.2, 0) is 11.2 Å². The van der Waals surface area contributed by atoms with E-state index in [1.165, 1.54) is 0 Å². The van der Waals surface area contributed by atoms with E-state index in [4.69, 9.17) is 14.7 Å². The Morgan fingerprint density at radius 3 is 3.07 bits per heavy atom. The van der Waals surface area contributed by atoms with Crippen molar-refractivity contribution in [2.45, 2.75) is 32.1 Å². The van der Waals surface area contributed by atoms with Gasteiger partial charge in [0.1, 0.15) is 0 Å². The fourth-order valence-electron chi connectivity index (χ4n) is 3.51. The topological polar surface area (TPSA) is 91.2 Å². The molecule has 1 saturated heterocycles. The highest BCUT2D eigenvalue weighted by Crippen LogP contribution is 2.29. The number of aromatic amines is 1. The molecule has 7 heteroatoms. The van der Waals surface area contributed by atoms with E-state index in [0.29, 0.717) is 36.0 Å². The van der Waals surface area contributed by atoms with Crippen LogP contribution in [0, 0.1) is 17.2 Å². The lowest BCUT2D eigenvalue weighted by molar-refractivity contribution is -0.133. The second-order valence-electron chi connectivity index (χ2n) is 7.10. The highest BCUT2D eigenvalue weighted by molar-refractivity contribution is 5.76. The van der Waals surface area contributed by atoms with E-state index in [1.807, 2.05) is 11.1 Å². The minimum atomic E-state index is 0.212. The van der Waals surface area contributed by atoms with E-state index in [0.717, 1.165) is 44.3 Å². The first kappa shape index (κ1) is 19.7. The van der Waals surface area contributed by atoms with Gasteiger partial charge in [-0.15, -0.1) is 0 Å². The maximum Gasteiger partial charge on any atom is 0.222 e. The molecule has 28 heavy (non-hydrogen) atoms. The summed E-state index contributed by atoms with van der Waals surface area (Å²) < 4.78 is 11.3. The van der Waals surface area contributed by atoms with E-state index in [-0.39, 0.29) is 5.91 Å². The number of nitrogens with one attached hydrogen (secondary N) is 1. The Labute approximate surface area is 165 Å². The Kier molecular flexibility index (Phi) is 6.90. The molecule has 1 unspecified atom stereocenters. The molecule has 1 N–H and O–H groups in total. The van der Waals surface area contributed by atoms with Crippen LogP contribution < -0.4 is 9.47 Å². The highest BCUT2D eigenvalue weighted by atomic mass is 16.5. The Bertz CT molecular complexity index is 814. The normalized spacial score (nSPS) is 16.4. The molecule has 1 atom stereocenters. The van der Waals surface area contributed by atoms with Crippen LogP contribution in [0.3, 0.4) is 0 Å². The molecule has 3 rings (SSSR count). The van der Waals surface area contributed by atoms with E-state index >= 15 is 0 Å². The third kappa shape index (κ3) is 5.26. The number of rotatable bonds is 8. The van der Waals surface area contributed by atoms with Crippen LogP contribution in [0.4, 0.5) is 0 Å². The number of aromatic nitrogens is 2. The second-order valence-corrected chi connectivity index (χ2v) is 7.10. The van der Waals surface area contributed by atoms with Crippen molar-refractivity contribution in [1.82, 2.24) is 15.1 Å². The number of nitrogens with zero attached hydrogens (tertiary/aromatic N) is 3. The number of nitriles is 1. The number of likely N-dealkylation sites (tertiary alicyclic amines) is 1. The molecule has 0 saturated carbocycles. The number of H-pyrrole nitrogens is 1. The first-order chi connectivity index (χ1) is 13.7. The number of hydrogen-bond acceptors (Lipinski definition) is 5. The Morgan fingerprint density at radius 1 is 1.43 bits per heavy atom. The van der Waals surface area contributed by atoms with Gasteiger partial charge in [0.25, 0.3) is 0 Å². The number of carbonyl (C=O) groups is 1. The van der Waals surface area contributed by atoms with Gasteiger partial charge in [-0.05, 0) is 43.4 Å². The first-order valence-corrected chi connectivity index (χ1v) is 9.66. The zero-order valence-electron chi connectivity index (χ0n) is 16.2. The molecule has 1 aromatic carbocycles. The molecule has 148 valence electrons. The van der Waals surface area contributed by atoms with Crippen molar-refractivity contribution in [1.29, 1.82) is 5.26 Å². The van der Waals surface area contributed by atoms with Gasteiger partial charge >= 0.3 is 0 Å². The summed E-state index contributed by atoms with van der Waals surface area (Å²) in [7, 11) is 1.56. The molecule has 2 heterocycles. The van der Waals surface area contributed by atoms with Gasteiger partial charge in [0.15, 0.2) is 11.5 Å². The average molecular weight is 382 g/mol. The second kappa shape index (κ2) is 9.79. The molecular weight excluding hydrogens is 356 g/mol. The van der Waals surface area contributed by atoms with E-state index in [9.17, 15) is 4.79 Å². The van der Waals surface area contributed by atoms with Crippen LogP contribution in [0.2, 0.25) is 0 Å². The molecule has 1 aliphatic heterocycles. The molecular formula is C21H26N4O3. The van der Waals surface area contributed by atoms with Crippen molar-refractivity contribution < 1.29 is 14.3 Å². The number of ether oxygens (including phenoxy) is 2. The number of hydrogen-bond donors (Lipinski definition) is 1. The maximum absolute atomic E-state index is 12.5. The molecule has 1 aromatic heterocycles. The number of carbonyl (C=O) groups excluding carboxylic acids is 1. The molecule has 0 spiro atoms.